The summed E-state index contributed by atoms with van der Waals surface area (Å²) < 4.78 is 0. The van der Waals surface area contributed by atoms with Crippen LogP contribution in [-0.2, 0) is 4.79 Å². The van der Waals surface area contributed by atoms with Crippen molar-refractivity contribution in [1.29, 1.82) is 0 Å². The molecular weight excluding hydrogens is 156 g/mol. The molecule has 1 saturated heterocycles. The molecule has 1 heterocycles. The van der Waals surface area contributed by atoms with E-state index < -0.39 is 11.5 Å². The van der Waals surface area contributed by atoms with Crippen molar-refractivity contribution in [2.24, 2.45) is 5.73 Å². The number of nitrogens with two attached hydrogens (primary N) is 1. The molecule has 1 aliphatic rings. The third kappa shape index (κ3) is 2.19. The van der Waals surface area contributed by atoms with Gasteiger partial charge in [-0.15, -0.1) is 0 Å². The van der Waals surface area contributed by atoms with Crippen molar-refractivity contribution in [3.8, 4) is 0 Å². The molecule has 4 N–H and O–H groups in total. The van der Waals surface area contributed by atoms with Gasteiger partial charge in [-0.05, 0) is 26.3 Å². The molecule has 2 unspecified atom stereocenters. The lowest BCUT2D eigenvalue weighted by Crippen LogP contribution is -2.53. The number of carboxylic acids is 1. The van der Waals surface area contributed by atoms with Crippen LogP contribution in [0.3, 0.4) is 0 Å². The predicted molar refractivity (Wildman–Crippen MR) is 45.9 cm³/mol. The van der Waals surface area contributed by atoms with Crippen LogP contribution in [0.25, 0.3) is 0 Å². The minimum atomic E-state index is -0.825. The average Bonchev–Trinajstić information content (AvgIpc) is 2.32. The zero-order chi connectivity index (χ0) is 9.19. The topological polar surface area (TPSA) is 75.4 Å². The van der Waals surface area contributed by atoms with E-state index in [1.807, 2.05) is 0 Å². The van der Waals surface area contributed by atoms with Gasteiger partial charge in [0.05, 0.1) is 6.42 Å². The first-order chi connectivity index (χ1) is 5.52. The van der Waals surface area contributed by atoms with Gasteiger partial charge >= 0.3 is 5.97 Å². The number of carboxylic acid groups (broad SMARTS) is 1. The highest BCUT2D eigenvalue weighted by atomic mass is 16.4. The fraction of sp³-hybridized carbons (Fsp3) is 0.875. The molecule has 0 spiro atoms. The molecule has 0 aliphatic carbocycles. The molecular formula is C8H16N2O2. The highest BCUT2D eigenvalue weighted by Gasteiger charge is 2.33. The van der Waals surface area contributed by atoms with Crippen LogP contribution < -0.4 is 11.1 Å². The summed E-state index contributed by atoms with van der Waals surface area (Å²) in [5.41, 5.74) is 5.27. The maximum absolute atomic E-state index is 10.5. The minimum absolute atomic E-state index is 0.0324. The quantitative estimate of drug-likeness (QED) is 0.557. The van der Waals surface area contributed by atoms with Crippen LogP contribution in [0.5, 0.6) is 0 Å². The Balaban J connectivity index is 2.50. The normalized spacial score (nSPS) is 28.3. The molecule has 12 heavy (non-hydrogen) atoms. The average molecular weight is 172 g/mol. The lowest BCUT2D eigenvalue weighted by Gasteiger charge is -2.29. The molecule has 1 rings (SSSR count). The Morgan fingerprint density at radius 3 is 2.92 bits per heavy atom. The fourth-order valence-electron chi connectivity index (χ4n) is 1.70. The van der Waals surface area contributed by atoms with Crippen molar-refractivity contribution < 1.29 is 9.90 Å². The summed E-state index contributed by atoms with van der Waals surface area (Å²) in [6.45, 7) is 2.75. The Labute approximate surface area is 72.1 Å². The van der Waals surface area contributed by atoms with Gasteiger partial charge in [0.2, 0.25) is 0 Å². The molecule has 0 aromatic rings. The second-order valence-corrected chi connectivity index (χ2v) is 3.73. The van der Waals surface area contributed by atoms with E-state index in [1.54, 1.807) is 6.92 Å². The van der Waals surface area contributed by atoms with Crippen molar-refractivity contribution in [2.45, 2.75) is 37.8 Å². The molecule has 0 radical (unpaired) electrons. The molecule has 1 aliphatic heterocycles. The highest BCUT2D eigenvalue weighted by molar-refractivity contribution is 5.68. The summed E-state index contributed by atoms with van der Waals surface area (Å²) in [6, 6.07) is 0.161. The number of aliphatic carboxylic acids is 1. The van der Waals surface area contributed by atoms with Crippen LogP contribution in [0.15, 0.2) is 0 Å². The summed E-state index contributed by atoms with van der Waals surface area (Å²) >= 11 is 0. The van der Waals surface area contributed by atoms with Gasteiger partial charge in [0.1, 0.15) is 0 Å². The number of hydrogen-bond donors (Lipinski definition) is 3. The molecule has 0 bridgehead atoms. The lowest BCUT2D eigenvalue weighted by atomic mass is 9.89. The van der Waals surface area contributed by atoms with Gasteiger partial charge < -0.3 is 16.2 Å². The molecule has 2 atom stereocenters. The standard InChI is InChI=1S/C8H16N2O2/c1-8(9,5-7(11)12)6-3-2-4-10-6/h6,10H,2-5,9H2,1H3,(H,11,12). The first-order valence-electron chi connectivity index (χ1n) is 4.26. The SMILES string of the molecule is CC(N)(CC(=O)O)C1CCCN1. The zero-order valence-electron chi connectivity index (χ0n) is 7.34. The zero-order valence-corrected chi connectivity index (χ0v) is 7.34. The number of hydrogen-bond acceptors (Lipinski definition) is 3. The molecule has 70 valence electrons. The summed E-state index contributed by atoms with van der Waals surface area (Å²) in [5, 5.41) is 11.8. The molecule has 0 saturated carbocycles. The molecule has 0 amide bonds. The first-order valence-corrected chi connectivity index (χ1v) is 4.26. The molecule has 4 nitrogen and oxygen atoms in total. The van der Waals surface area contributed by atoms with E-state index in [2.05, 4.69) is 5.32 Å². The maximum Gasteiger partial charge on any atom is 0.305 e. The Kier molecular flexibility index (Phi) is 2.69. The minimum Gasteiger partial charge on any atom is -0.481 e. The fourth-order valence-corrected chi connectivity index (χ4v) is 1.70. The van der Waals surface area contributed by atoms with E-state index in [0.717, 1.165) is 19.4 Å². The van der Waals surface area contributed by atoms with Crippen LogP contribution in [-0.4, -0.2) is 29.2 Å². The van der Waals surface area contributed by atoms with Crippen LogP contribution in [0.1, 0.15) is 26.2 Å². The van der Waals surface area contributed by atoms with Crippen molar-refractivity contribution in [3.63, 3.8) is 0 Å². The first kappa shape index (κ1) is 9.48. The Morgan fingerprint density at radius 1 is 1.83 bits per heavy atom. The molecule has 0 aromatic carbocycles. The van der Waals surface area contributed by atoms with Gasteiger partial charge in [-0.25, -0.2) is 0 Å². The van der Waals surface area contributed by atoms with Crippen molar-refractivity contribution in [1.82, 2.24) is 5.32 Å². The highest BCUT2D eigenvalue weighted by Crippen LogP contribution is 2.19. The summed E-state index contributed by atoms with van der Waals surface area (Å²) in [5.74, 6) is -0.825. The second kappa shape index (κ2) is 3.41. The monoisotopic (exact) mass is 172 g/mol. The van der Waals surface area contributed by atoms with Crippen LogP contribution in [0.4, 0.5) is 0 Å². The van der Waals surface area contributed by atoms with Crippen LogP contribution >= 0.6 is 0 Å². The third-order valence-corrected chi connectivity index (χ3v) is 2.39. The van der Waals surface area contributed by atoms with E-state index in [0.29, 0.717) is 0 Å². The van der Waals surface area contributed by atoms with Gasteiger partial charge in [0.15, 0.2) is 0 Å². The predicted octanol–water partition coefficient (Wildman–Crippen LogP) is -0.0695. The lowest BCUT2D eigenvalue weighted by molar-refractivity contribution is -0.138. The smallest absolute Gasteiger partial charge is 0.305 e. The molecule has 4 heteroatoms. The van der Waals surface area contributed by atoms with Gasteiger partial charge in [-0.3, -0.25) is 4.79 Å². The summed E-state index contributed by atoms with van der Waals surface area (Å²) in [4.78, 5) is 10.5. The maximum atomic E-state index is 10.5. The van der Waals surface area contributed by atoms with E-state index >= 15 is 0 Å². The van der Waals surface area contributed by atoms with Gasteiger partial charge in [0, 0.05) is 11.6 Å². The Bertz CT molecular complexity index is 174. The largest absolute Gasteiger partial charge is 0.481 e. The number of rotatable bonds is 3. The van der Waals surface area contributed by atoms with Crippen molar-refractivity contribution in [2.75, 3.05) is 6.54 Å². The van der Waals surface area contributed by atoms with E-state index in [-0.39, 0.29) is 12.5 Å². The second-order valence-electron chi connectivity index (χ2n) is 3.73. The summed E-state index contributed by atoms with van der Waals surface area (Å²) in [7, 11) is 0. The number of carbonyl (C=O) groups is 1. The van der Waals surface area contributed by atoms with Crippen molar-refractivity contribution >= 4 is 5.97 Å². The molecule has 1 fully saturated rings. The number of nitrogens with one attached hydrogen (secondary N) is 1. The van der Waals surface area contributed by atoms with E-state index in [1.165, 1.54) is 0 Å². The van der Waals surface area contributed by atoms with Gasteiger partial charge in [0.25, 0.3) is 0 Å². The summed E-state index contributed by atoms with van der Waals surface area (Å²) in [6.07, 6.45) is 2.11. The van der Waals surface area contributed by atoms with Crippen LogP contribution in [0.2, 0.25) is 0 Å². The van der Waals surface area contributed by atoms with Crippen molar-refractivity contribution in [3.05, 3.63) is 0 Å². The van der Waals surface area contributed by atoms with Gasteiger partial charge in [-0.2, -0.15) is 0 Å². The Morgan fingerprint density at radius 2 is 2.50 bits per heavy atom. The Hall–Kier alpha value is -0.610. The van der Waals surface area contributed by atoms with E-state index in [9.17, 15) is 4.79 Å². The van der Waals surface area contributed by atoms with E-state index in [4.69, 9.17) is 10.8 Å². The molecule has 0 aromatic heterocycles. The van der Waals surface area contributed by atoms with Gasteiger partial charge in [-0.1, -0.05) is 0 Å². The van der Waals surface area contributed by atoms with Crippen LogP contribution in [0, 0.1) is 0 Å². The third-order valence-electron chi connectivity index (χ3n) is 2.39.